The maximum Gasteiger partial charge on any atom is 0.193 e. The molecular weight excluding hydrogens is 406 g/mol. The van der Waals surface area contributed by atoms with E-state index in [2.05, 4.69) is 27.8 Å². The van der Waals surface area contributed by atoms with Crippen molar-refractivity contribution in [3.8, 4) is 17.1 Å². The van der Waals surface area contributed by atoms with E-state index in [0.717, 1.165) is 33.2 Å². The van der Waals surface area contributed by atoms with Crippen LogP contribution in [0.15, 0.2) is 42.6 Å². The van der Waals surface area contributed by atoms with Crippen LogP contribution in [0.4, 0.5) is 0 Å². The van der Waals surface area contributed by atoms with Gasteiger partial charge in [-0.05, 0) is 24.3 Å². The summed E-state index contributed by atoms with van der Waals surface area (Å²) in [6.45, 7) is 0.645. The van der Waals surface area contributed by atoms with Gasteiger partial charge in [-0.25, -0.2) is 4.98 Å². The van der Waals surface area contributed by atoms with Crippen LogP contribution < -0.4 is 4.74 Å². The first-order valence-corrected chi connectivity index (χ1v) is 10.3. The summed E-state index contributed by atoms with van der Waals surface area (Å²) < 4.78 is 19.4. The number of nitrogens with zero attached hydrogens (tertiary/aromatic N) is 2. The summed E-state index contributed by atoms with van der Waals surface area (Å²) in [5.74, 6) is 0.573. The lowest BCUT2D eigenvalue weighted by atomic mass is 10.1. The van der Waals surface area contributed by atoms with Gasteiger partial charge in [0.05, 0.1) is 35.0 Å². The molecule has 4 aromatic rings. The first-order chi connectivity index (χ1) is 14.6. The average molecular weight is 426 g/mol. The number of aliphatic hydroxyl groups is 1. The van der Waals surface area contributed by atoms with Crippen molar-refractivity contribution >= 4 is 33.5 Å². The van der Waals surface area contributed by atoms with Crippen molar-refractivity contribution < 1.29 is 19.3 Å². The topological polar surface area (TPSA) is 81.5 Å². The number of aryl methyl sites for hydroxylation is 1. The maximum absolute atomic E-state index is 9.89. The van der Waals surface area contributed by atoms with Gasteiger partial charge in [-0.2, -0.15) is 0 Å². The van der Waals surface area contributed by atoms with Crippen molar-refractivity contribution in [1.82, 2.24) is 14.5 Å². The molecule has 2 aliphatic heterocycles. The minimum absolute atomic E-state index is 0.267. The predicted octanol–water partition coefficient (Wildman–Crippen LogP) is 3.28. The third-order valence-corrected chi connectivity index (χ3v) is 6.24. The van der Waals surface area contributed by atoms with E-state index in [1.807, 2.05) is 31.4 Å². The molecule has 2 aliphatic rings. The Labute approximate surface area is 177 Å². The van der Waals surface area contributed by atoms with E-state index in [4.69, 9.17) is 30.8 Å². The number of aromatic nitrogens is 3. The second-order valence-electron chi connectivity index (χ2n) is 7.90. The number of aliphatic hydroxyl groups excluding tert-OH is 1. The normalized spacial score (nSPS) is 26.0. The minimum Gasteiger partial charge on any atom is -0.470 e. The molecule has 0 saturated carbocycles. The van der Waals surface area contributed by atoms with E-state index in [1.54, 1.807) is 0 Å². The molecule has 0 radical (unpaired) electrons. The number of halogens is 1. The van der Waals surface area contributed by atoms with E-state index in [-0.39, 0.29) is 24.9 Å². The smallest absolute Gasteiger partial charge is 0.193 e. The molecule has 3 aromatic heterocycles. The molecule has 0 bridgehead atoms. The zero-order valence-corrected chi connectivity index (χ0v) is 17.0. The van der Waals surface area contributed by atoms with Gasteiger partial charge in [-0.3, -0.25) is 0 Å². The molecule has 8 heteroatoms. The quantitative estimate of drug-likeness (QED) is 0.526. The number of fused-ring (bicyclic) bond motifs is 3. The molecule has 0 amide bonds. The molecule has 0 spiro atoms. The van der Waals surface area contributed by atoms with Gasteiger partial charge in [0.2, 0.25) is 0 Å². The van der Waals surface area contributed by atoms with E-state index in [9.17, 15) is 5.11 Å². The lowest BCUT2D eigenvalue weighted by Crippen LogP contribution is -2.34. The second kappa shape index (κ2) is 6.72. The number of ether oxygens (including phenoxy) is 3. The van der Waals surface area contributed by atoms with Crippen LogP contribution in [0.5, 0.6) is 5.88 Å². The van der Waals surface area contributed by atoms with E-state index in [1.165, 1.54) is 0 Å². The Morgan fingerprint density at radius 3 is 2.93 bits per heavy atom. The zero-order valence-electron chi connectivity index (χ0n) is 16.2. The number of hydrogen-bond donors (Lipinski definition) is 2. The highest BCUT2D eigenvalue weighted by Crippen LogP contribution is 2.34. The highest BCUT2D eigenvalue weighted by atomic mass is 35.5. The van der Waals surface area contributed by atoms with Gasteiger partial charge < -0.3 is 28.9 Å². The molecular formula is C22H20ClN3O4. The Balaban J connectivity index is 1.32. The number of aromatic amines is 1. The number of rotatable bonds is 3. The summed E-state index contributed by atoms with van der Waals surface area (Å²) in [5.41, 5.74) is 4.41. The predicted molar refractivity (Wildman–Crippen MR) is 113 cm³/mol. The first-order valence-electron chi connectivity index (χ1n) is 9.89. The molecule has 154 valence electrons. The molecule has 2 saturated heterocycles. The molecule has 1 aromatic carbocycles. The molecule has 5 heterocycles. The molecule has 30 heavy (non-hydrogen) atoms. The average Bonchev–Trinajstić information content (AvgIpc) is 3.48. The number of benzene rings is 1. The monoisotopic (exact) mass is 425 g/mol. The summed E-state index contributed by atoms with van der Waals surface area (Å²) in [4.78, 5) is 8.00. The van der Waals surface area contributed by atoms with Gasteiger partial charge in [-0.15, -0.1) is 0 Å². The van der Waals surface area contributed by atoms with Gasteiger partial charge in [0.1, 0.15) is 18.3 Å². The van der Waals surface area contributed by atoms with Crippen LogP contribution in [-0.2, 0) is 16.5 Å². The zero-order chi connectivity index (χ0) is 20.4. The third-order valence-electron chi connectivity index (χ3n) is 5.95. The second-order valence-corrected chi connectivity index (χ2v) is 8.31. The summed E-state index contributed by atoms with van der Waals surface area (Å²) in [6, 6.07) is 12.0. The lowest BCUT2D eigenvalue weighted by molar-refractivity contribution is 0.00794. The van der Waals surface area contributed by atoms with Gasteiger partial charge >= 0.3 is 0 Å². The van der Waals surface area contributed by atoms with Crippen molar-refractivity contribution in [2.24, 2.45) is 7.05 Å². The maximum atomic E-state index is 9.89. The van der Waals surface area contributed by atoms with Crippen molar-refractivity contribution in [1.29, 1.82) is 0 Å². The fourth-order valence-corrected chi connectivity index (χ4v) is 4.67. The Morgan fingerprint density at radius 2 is 2.03 bits per heavy atom. The fraction of sp³-hybridized carbons (Fsp3) is 0.318. The number of nitrogens with one attached hydrogen (secondary N) is 1. The highest BCUT2D eigenvalue weighted by Gasteiger charge is 2.48. The fourth-order valence-electron chi connectivity index (χ4n) is 4.41. The Morgan fingerprint density at radius 1 is 1.17 bits per heavy atom. The van der Waals surface area contributed by atoms with Crippen LogP contribution in [0.3, 0.4) is 0 Å². The Bertz CT molecular complexity index is 1270. The molecule has 2 N–H and O–H groups in total. The Hall–Kier alpha value is -2.58. The summed E-state index contributed by atoms with van der Waals surface area (Å²) in [5, 5.41) is 11.6. The standard InChI is InChI=1S/C22H20ClN3O4/c1-26-5-4-11-6-12(2-3-16(11)26)20-13(23)7-14-15(25-20)8-19(24-14)30-18-10-29-21-17(27)9-28-22(18)21/h2-8,17-18,21-22,24,27H,9-10H2,1H3/t17-,18-,21-,22-/m1/s1. The largest absolute Gasteiger partial charge is 0.470 e. The van der Waals surface area contributed by atoms with E-state index < -0.39 is 6.10 Å². The van der Waals surface area contributed by atoms with Crippen molar-refractivity contribution in [2.75, 3.05) is 13.2 Å². The summed E-state index contributed by atoms with van der Waals surface area (Å²) in [6.07, 6.45) is 0.557. The Kier molecular flexibility index (Phi) is 4.08. The summed E-state index contributed by atoms with van der Waals surface area (Å²) >= 11 is 6.57. The van der Waals surface area contributed by atoms with E-state index >= 15 is 0 Å². The van der Waals surface area contributed by atoms with Crippen LogP contribution >= 0.6 is 11.6 Å². The highest BCUT2D eigenvalue weighted by molar-refractivity contribution is 6.33. The number of hydrogen-bond acceptors (Lipinski definition) is 5. The van der Waals surface area contributed by atoms with Gasteiger partial charge in [-0.1, -0.05) is 17.7 Å². The molecule has 2 fully saturated rings. The summed E-state index contributed by atoms with van der Waals surface area (Å²) in [7, 11) is 2.02. The number of pyridine rings is 1. The van der Waals surface area contributed by atoms with E-state index in [0.29, 0.717) is 17.5 Å². The van der Waals surface area contributed by atoms with Crippen molar-refractivity contribution in [2.45, 2.75) is 24.4 Å². The van der Waals surface area contributed by atoms with Crippen LogP contribution in [0.25, 0.3) is 33.2 Å². The molecule has 4 atom stereocenters. The van der Waals surface area contributed by atoms with Gasteiger partial charge in [0, 0.05) is 35.8 Å². The van der Waals surface area contributed by atoms with Gasteiger partial charge in [0.15, 0.2) is 12.0 Å². The molecule has 0 unspecified atom stereocenters. The van der Waals surface area contributed by atoms with Crippen LogP contribution in [0.2, 0.25) is 5.02 Å². The first kappa shape index (κ1) is 18.2. The molecule has 7 nitrogen and oxygen atoms in total. The SMILES string of the molecule is Cn1ccc2cc(-c3nc4cc(O[C@@H]5CO[C@H]6[C@@H]5OC[C@H]6O)[nH]c4cc3Cl)ccc21. The van der Waals surface area contributed by atoms with Crippen LogP contribution in [-0.4, -0.2) is 57.3 Å². The van der Waals surface area contributed by atoms with Crippen LogP contribution in [0.1, 0.15) is 0 Å². The molecule has 0 aliphatic carbocycles. The third kappa shape index (κ3) is 2.81. The minimum atomic E-state index is -0.601. The number of H-pyrrole nitrogens is 1. The van der Waals surface area contributed by atoms with Gasteiger partial charge in [0.25, 0.3) is 0 Å². The van der Waals surface area contributed by atoms with Crippen molar-refractivity contribution in [3.63, 3.8) is 0 Å². The molecule has 6 rings (SSSR count). The van der Waals surface area contributed by atoms with Crippen molar-refractivity contribution in [3.05, 3.63) is 47.6 Å². The lowest BCUT2D eigenvalue weighted by Gasteiger charge is -2.16. The van der Waals surface area contributed by atoms with Crippen LogP contribution in [0, 0.1) is 0 Å².